The first-order valence-electron chi connectivity index (χ1n) is 7.29. The molecule has 4 nitrogen and oxygen atoms in total. The number of nitrogens with one attached hydrogen (secondary N) is 1. The molecule has 1 N–H and O–H groups in total. The maximum Gasteiger partial charge on any atom is 0.248 e. The molecule has 0 aromatic rings. The van der Waals surface area contributed by atoms with Gasteiger partial charge in [-0.2, -0.15) is 0 Å². The number of ether oxygens (including phenoxy) is 1. The summed E-state index contributed by atoms with van der Waals surface area (Å²) in [6.45, 7) is 11.7. The third kappa shape index (κ3) is 9.00. The second-order valence-electron chi connectivity index (χ2n) is 6.36. The maximum atomic E-state index is 11.9. The Labute approximate surface area is 118 Å². The molecule has 1 amide bonds. The summed E-state index contributed by atoms with van der Waals surface area (Å²) in [6.07, 6.45) is 0.707. The normalized spacial score (nSPS) is 15.1. The zero-order chi connectivity index (χ0) is 15.0. The van der Waals surface area contributed by atoms with Gasteiger partial charge in [0.25, 0.3) is 0 Å². The Hall–Kier alpha value is -0.610. The molecule has 0 heterocycles. The van der Waals surface area contributed by atoms with Gasteiger partial charge in [-0.15, -0.1) is 0 Å². The molecule has 114 valence electrons. The van der Waals surface area contributed by atoms with Crippen LogP contribution in [0.15, 0.2) is 0 Å². The van der Waals surface area contributed by atoms with E-state index in [0.29, 0.717) is 31.0 Å². The van der Waals surface area contributed by atoms with Crippen LogP contribution in [0.25, 0.3) is 0 Å². The van der Waals surface area contributed by atoms with Gasteiger partial charge in [0.05, 0.1) is 0 Å². The van der Waals surface area contributed by atoms with E-state index in [9.17, 15) is 4.79 Å². The second-order valence-corrected chi connectivity index (χ2v) is 6.36. The molecule has 19 heavy (non-hydrogen) atoms. The minimum Gasteiger partial charge on any atom is -0.368 e. The van der Waals surface area contributed by atoms with Crippen molar-refractivity contribution >= 4 is 5.91 Å². The Kier molecular flexibility index (Phi) is 9.02. The molecule has 0 aliphatic rings. The fraction of sp³-hybridized carbons (Fsp3) is 0.933. The number of hydrogen-bond donors (Lipinski definition) is 1. The van der Waals surface area contributed by atoms with Crippen molar-refractivity contribution in [3.63, 3.8) is 0 Å². The topological polar surface area (TPSA) is 41.6 Å². The SMILES string of the molecule is CC(C)CO[C@H](C)C(=O)NC[C@H](CC(C)C)N(C)C. The van der Waals surface area contributed by atoms with Crippen LogP contribution in [0.4, 0.5) is 0 Å². The molecule has 0 aromatic heterocycles. The van der Waals surface area contributed by atoms with Gasteiger partial charge in [0.2, 0.25) is 5.91 Å². The van der Waals surface area contributed by atoms with E-state index >= 15 is 0 Å². The number of hydrogen-bond acceptors (Lipinski definition) is 3. The van der Waals surface area contributed by atoms with Crippen molar-refractivity contribution in [3.8, 4) is 0 Å². The van der Waals surface area contributed by atoms with Crippen LogP contribution in [0.2, 0.25) is 0 Å². The van der Waals surface area contributed by atoms with Crippen molar-refractivity contribution in [2.24, 2.45) is 11.8 Å². The first-order chi connectivity index (χ1) is 8.73. The van der Waals surface area contributed by atoms with E-state index in [2.05, 4.69) is 52.0 Å². The Morgan fingerprint density at radius 1 is 1.11 bits per heavy atom. The minimum atomic E-state index is -0.371. The predicted octanol–water partition coefficient (Wildman–Crippen LogP) is 2.14. The first kappa shape index (κ1) is 18.4. The van der Waals surface area contributed by atoms with Crippen LogP contribution < -0.4 is 5.32 Å². The van der Waals surface area contributed by atoms with Crippen LogP contribution in [-0.4, -0.2) is 50.2 Å². The van der Waals surface area contributed by atoms with Gasteiger partial charge in [0.15, 0.2) is 0 Å². The molecule has 2 atom stereocenters. The van der Waals surface area contributed by atoms with Crippen LogP contribution in [0.3, 0.4) is 0 Å². The summed E-state index contributed by atoms with van der Waals surface area (Å²) in [7, 11) is 4.11. The van der Waals surface area contributed by atoms with Crippen molar-refractivity contribution in [2.45, 2.75) is 53.2 Å². The highest BCUT2D eigenvalue weighted by Gasteiger charge is 2.18. The van der Waals surface area contributed by atoms with Crippen molar-refractivity contribution < 1.29 is 9.53 Å². The fourth-order valence-corrected chi connectivity index (χ4v) is 1.80. The molecule has 0 aliphatic heterocycles. The van der Waals surface area contributed by atoms with Crippen molar-refractivity contribution in [1.82, 2.24) is 10.2 Å². The van der Waals surface area contributed by atoms with Gasteiger partial charge in [-0.25, -0.2) is 0 Å². The van der Waals surface area contributed by atoms with E-state index in [1.54, 1.807) is 0 Å². The van der Waals surface area contributed by atoms with E-state index in [0.717, 1.165) is 6.42 Å². The first-order valence-corrected chi connectivity index (χ1v) is 7.29. The third-order valence-corrected chi connectivity index (χ3v) is 3.03. The van der Waals surface area contributed by atoms with Crippen LogP contribution in [-0.2, 0) is 9.53 Å². The van der Waals surface area contributed by atoms with E-state index in [4.69, 9.17) is 4.74 Å². The van der Waals surface area contributed by atoms with Crippen LogP contribution in [0, 0.1) is 11.8 Å². The van der Waals surface area contributed by atoms with Crippen molar-refractivity contribution in [1.29, 1.82) is 0 Å². The summed E-state index contributed by atoms with van der Waals surface area (Å²) in [5.74, 6) is 1.06. The molecular formula is C15H32N2O2. The van der Waals surface area contributed by atoms with Crippen LogP contribution >= 0.6 is 0 Å². The zero-order valence-electron chi connectivity index (χ0n) is 13.7. The van der Waals surface area contributed by atoms with E-state index in [-0.39, 0.29) is 12.0 Å². The molecular weight excluding hydrogens is 240 g/mol. The molecule has 4 heteroatoms. The second kappa shape index (κ2) is 9.32. The van der Waals surface area contributed by atoms with Crippen molar-refractivity contribution in [3.05, 3.63) is 0 Å². The lowest BCUT2D eigenvalue weighted by Crippen LogP contribution is -2.44. The molecule has 0 radical (unpaired) electrons. The molecule has 0 rings (SSSR count). The highest BCUT2D eigenvalue weighted by molar-refractivity contribution is 5.80. The zero-order valence-corrected chi connectivity index (χ0v) is 13.7. The van der Waals surface area contributed by atoms with Gasteiger partial charge in [0.1, 0.15) is 6.10 Å². The molecule has 0 spiro atoms. The number of likely N-dealkylation sites (N-methyl/N-ethyl adjacent to an activating group) is 1. The highest BCUT2D eigenvalue weighted by Crippen LogP contribution is 2.08. The molecule has 0 saturated carbocycles. The van der Waals surface area contributed by atoms with Gasteiger partial charge in [0, 0.05) is 19.2 Å². The standard InChI is InChI=1S/C15H32N2O2/c1-11(2)8-14(17(6)7)9-16-15(18)13(5)19-10-12(3)4/h11-14H,8-10H2,1-7H3,(H,16,18)/t13-,14+/m1/s1. The van der Waals surface area contributed by atoms with E-state index in [1.165, 1.54) is 0 Å². The quantitative estimate of drug-likeness (QED) is 0.699. The molecule has 0 bridgehead atoms. The Morgan fingerprint density at radius 2 is 1.68 bits per heavy atom. The number of amides is 1. The Balaban J connectivity index is 4.09. The monoisotopic (exact) mass is 272 g/mol. The maximum absolute atomic E-state index is 11.9. The number of rotatable bonds is 9. The van der Waals surface area contributed by atoms with Crippen molar-refractivity contribution in [2.75, 3.05) is 27.2 Å². The van der Waals surface area contributed by atoms with Gasteiger partial charge in [-0.1, -0.05) is 27.7 Å². The Bertz CT molecular complexity index is 253. The summed E-state index contributed by atoms with van der Waals surface area (Å²) < 4.78 is 5.51. The molecule has 0 unspecified atom stereocenters. The van der Waals surface area contributed by atoms with Gasteiger partial charge in [-0.05, 0) is 39.3 Å². The largest absolute Gasteiger partial charge is 0.368 e. The average Bonchev–Trinajstić information content (AvgIpc) is 2.29. The third-order valence-electron chi connectivity index (χ3n) is 3.03. The Morgan fingerprint density at radius 3 is 2.11 bits per heavy atom. The smallest absolute Gasteiger partial charge is 0.248 e. The number of carbonyl (C=O) groups is 1. The molecule has 0 aliphatic carbocycles. The average molecular weight is 272 g/mol. The number of carbonyl (C=O) groups excluding carboxylic acids is 1. The summed E-state index contributed by atoms with van der Waals surface area (Å²) in [4.78, 5) is 14.1. The van der Waals surface area contributed by atoms with Crippen LogP contribution in [0.5, 0.6) is 0 Å². The predicted molar refractivity (Wildman–Crippen MR) is 80.2 cm³/mol. The highest BCUT2D eigenvalue weighted by atomic mass is 16.5. The van der Waals surface area contributed by atoms with Gasteiger partial charge in [-0.3, -0.25) is 4.79 Å². The summed E-state index contributed by atoms with van der Waals surface area (Å²) in [5, 5.41) is 2.99. The fourth-order valence-electron chi connectivity index (χ4n) is 1.80. The van der Waals surface area contributed by atoms with Crippen LogP contribution in [0.1, 0.15) is 41.0 Å². The lowest BCUT2D eigenvalue weighted by molar-refractivity contribution is -0.132. The number of nitrogens with zero attached hydrogens (tertiary/aromatic N) is 1. The van der Waals surface area contributed by atoms with E-state index in [1.807, 2.05) is 6.92 Å². The molecule has 0 saturated heterocycles. The summed E-state index contributed by atoms with van der Waals surface area (Å²) in [5.41, 5.74) is 0. The van der Waals surface area contributed by atoms with E-state index < -0.39 is 0 Å². The lowest BCUT2D eigenvalue weighted by atomic mass is 10.0. The minimum absolute atomic E-state index is 0.0174. The van der Waals surface area contributed by atoms with Gasteiger partial charge < -0.3 is 15.0 Å². The molecule has 0 fully saturated rings. The summed E-state index contributed by atoms with van der Waals surface area (Å²) in [6, 6.07) is 0.376. The summed E-state index contributed by atoms with van der Waals surface area (Å²) >= 11 is 0. The molecule has 0 aromatic carbocycles. The lowest BCUT2D eigenvalue weighted by Gasteiger charge is -2.27. The van der Waals surface area contributed by atoms with Gasteiger partial charge >= 0.3 is 0 Å².